The monoisotopic (exact) mass is 539 g/mol. The van der Waals surface area contributed by atoms with Crippen LogP contribution in [0.2, 0.25) is 5.02 Å². The fourth-order valence-corrected chi connectivity index (χ4v) is 7.02. The zero-order valence-corrected chi connectivity index (χ0v) is 22.6. The molecule has 0 radical (unpaired) electrons. The number of amides is 3. The van der Waals surface area contributed by atoms with Gasteiger partial charge in [0.1, 0.15) is 11.6 Å². The van der Waals surface area contributed by atoms with E-state index in [1.807, 2.05) is 39.0 Å². The maximum absolute atomic E-state index is 14.3. The molecular formula is C29H34ClN3O5. The number of aliphatic hydroxyl groups excluding tert-OH is 1. The minimum atomic E-state index is -1.20. The van der Waals surface area contributed by atoms with Crippen LogP contribution in [0, 0.1) is 17.8 Å². The molecule has 38 heavy (non-hydrogen) atoms. The fraction of sp³-hybridized carbons (Fsp3) is 0.483. The Morgan fingerprint density at radius 1 is 1.08 bits per heavy atom. The quantitative estimate of drug-likeness (QED) is 0.468. The highest BCUT2D eigenvalue weighted by atomic mass is 35.5. The van der Waals surface area contributed by atoms with Gasteiger partial charge in [0.25, 0.3) is 0 Å². The van der Waals surface area contributed by atoms with E-state index in [2.05, 4.69) is 10.6 Å². The van der Waals surface area contributed by atoms with Crippen LogP contribution in [-0.2, 0) is 19.1 Å². The summed E-state index contributed by atoms with van der Waals surface area (Å²) in [6.07, 6.45) is 1.53. The number of rotatable bonds is 8. The number of anilines is 2. The normalized spacial score (nSPS) is 30.4. The maximum Gasteiger partial charge on any atom is 0.250 e. The summed E-state index contributed by atoms with van der Waals surface area (Å²) >= 11 is 6.34. The summed E-state index contributed by atoms with van der Waals surface area (Å²) in [7, 11) is 0. The molecule has 0 aromatic heterocycles. The molecule has 8 nitrogen and oxygen atoms in total. The van der Waals surface area contributed by atoms with Gasteiger partial charge in [0.15, 0.2) is 0 Å². The zero-order valence-electron chi connectivity index (χ0n) is 21.8. The number of nitrogens with one attached hydrogen (secondary N) is 2. The van der Waals surface area contributed by atoms with Crippen molar-refractivity contribution in [1.82, 2.24) is 4.90 Å². The largest absolute Gasteiger partial charge is 0.394 e. The number of benzene rings is 2. The van der Waals surface area contributed by atoms with Crippen LogP contribution < -0.4 is 10.6 Å². The van der Waals surface area contributed by atoms with Crippen molar-refractivity contribution in [3.63, 3.8) is 0 Å². The average molecular weight is 540 g/mol. The lowest BCUT2D eigenvalue weighted by Gasteiger charge is -2.38. The van der Waals surface area contributed by atoms with Crippen molar-refractivity contribution in [2.24, 2.45) is 17.8 Å². The topological polar surface area (TPSA) is 108 Å². The van der Waals surface area contributed by atoms with E-state index in [0.29, 0.717) is 35.7 Å². The molecule has 2 bridgehead atoms. The Hall–Kier alpha value is -2.94. The van der Waals surface area contributed by atoms with E-state index in [1.54, 1.807) is 36.4 Å². The molecule has 3 aliphatic rings. The van der Waals surface area contributed by atoms with E-state index in [-0.39, 0.29) is 24.3 Å². The standard InChI is InChI=1S/C29H34ClN3O5/c1-4-28-14-15-29(38-28)23(22(28)25(35)31-18-10-6-5-7-11-18)27(37)33(21(16-34)17(2)3)24(29)26(36)32-20-13-9-8-12-19(20)30/h5-13,17,21-24,34H,4,14-16H2,1-3H3,(H,31,35)(H,32,36)/t21-,22-,23-,24?,28+,29?/m0/s1. The highest BCUT2D eigenvalue weighted by Crippen LogP contribution is 2.64. The van der Waals surface area contributed by atoms with Gasteiger partial charge in [-0.15, -0.1) is 0 Å². The second-order valence-electron chi connectivity index (χ2n) is 10.9. The Bertz CT molecular complexity index is 1240. The first-order valence-corrected chi connectivity index (χ1v) is 13.6. The van der Waals surface area contributed by atoms with Crippen LogP contribution in [0.4, 0.5) is 11.4 Å². The van der Waals surface area contributed by atoms with Gasteiger partial charge >= 0.3 is 0 Å². The first kappa shape index (κ1) is 26.7. The van der Waals surface area contributed by atoms with Gasteiger partial charge in [0.05, 0.1) is 40.8 Å². The van der Waals surface area contributed by atoms with Crippen molar-refractivity contribution < 1.29 is 24.2 Å². The molecule has 3 amide bonds. The van der Waals surface area contributed by atoms with Crippen molar-refractivity contribution >= 4 is 40.7 Å². The van der Waals surface area contributed by atoms with E-state index < -0.39 is 41.0 Å². The SMILES string of the molecule is CC[C@]12CCC3(O1)C(C(=O)Nc1ccccc1Cl)N([C@@H](CO)C(C)C)C(=O)[C@@H]3[C@H]2C(=O)Nc1ccccc1. The number of nitrogens with zero attached hydrogens (tertiary/aromatic N) is 1. The Morgan fingerprint density at radius 2 is 1.76 bits per heavy atom. The molecule has 3 aliphatic heterocycles. The van der Waals surface area contributed by atoms with Gasteiger partial charge in [-0.05, 0) is 49.4 Å². The number of carbonyl (C=O) groups excluding carboxylic acids is 3. The molecule has 2 aromatic rings. The van der Waals surface area contributed by atoms with Gasteiger partial charge in [-0.3, -0.25) is 14.4 Å². The number of halogens is 1. The molecule has 1 spiro atoms. The van der Waals surface area contributed by atoms with E-state index in [1.165, 1.54) is 4.90 Å². The molecule has 3 fully saturated rings. The Morgan fingerprint density at radius 3 is 2.39 bits per heavy atom. The second-order valence-corrected chi connectivity index (χ2v) is 11.3. The maximum atomic E-state index is 14.3. The van der Waals surface area contributed by atoms with Gasteiger partial charge in [0, 0.05) is 5.69 Å². The summed E-state index contributed by atoms with van der Waals surface area (Å²) in [5.74, 6) is -2.83. The zero-order chi connectivity index (χ0) is 27.2. The van der Waals surface area contributed by atoms with Gasteiger partial charge in [-0.2, -0.15) is 0 Å². The fourth-order valence-electron chi connectivity index (χ4n) is 6.84. The Balaban J connectivity index is 1.58. The molecule has 0 saturated carbocycles. The summed E-state index contributed by atoms with van der Waals surface area (Å²) in [4.78, 5) is 43.6. The molecule has 2 unspecified atom stereocenters. The lowest BCUT2D eigenvalue weighted by atomic mass is 9.65. The number of ether oxygens (including phenoxy) is 1. The molecular weight excluding hydrogens is 506 g/mol. The minimum Gasteiger partial charge on any atom is -0.394 e. The first-order chi connectivity index (χ1) is 18.2. The summed E-state index contributed by atoms with van der Waals surface area (Å²) in [6.45, 7) is 5.43. The first-order valence-electron chi connectivity index (χ1n) is 13.2. The minimum absolute atomic E-state index is 0.135. The van der Waals surface area contributed by atoms with Crippen LogP contribution in [0.1, 0.15) is 40.0 Å². The number of hydrogen-bond donors (Lipinski definition) is 3. The average Bonchev–Trinajstić information content (AvgIpc) is 3.50. The predicted molar refractivity (Wildman–Crippen MR) is 145 cm³/mol. The van der Waals surface area contributed by atoms with Crippen LogP contribution >= 0.6 is 11.6 Å². The molecule has 202 valence electrons. The molecule has 3 N–H and O–H groups in total. The third-order valence-corrected chi connectivity index (χ3v) is 8.97. The number of para-hydroxylation sites is 2. The lowest BCUT2D eigenvalue weighted by molar-refractivity contribution is -0.149. The van der Waals surface area contributed by atoms with Crippen LogP contribution in [0.3, 0.4) is 0 Å². The number of fused-ring (bicyclic) bond motifs is 1. The highest BCUT2D eigenvalue weighted by molar-refractivity contribution is 6.33. The third kappa shape index (κ3) is 4.01. The Labute approximate surface area is 227 Å². The van der Waals surface area contributed by atoms with Crippen molar-refractivity contribution in [3.05, 3.63) is 59.6 Å². The lowest BCUT2D eigenvalue weighted by Crippen LogP contribution is -2.57. The number of carbonyl (C=O) groups is 3. The molecule has 5 rings (SSSR count). The second kappa shape index (κ2) is 9.98. The van der Waals surface area contributed by atoms with E-state index in [4.69, 9.17) is 16.3 Å². The number of hydrogen-bond acceptors (Lipinski definition) is 5. The van der Waals surface area contributed by atoms with Crippen LogP contribution in [-0.4, -0.2) is 57.6 Å². The summed E-state index contributed by atoms with van der Waals surface area (Å²) < 4.78 is 6.77. The van der Waals surface area contributed by atoms with E-state index in [0.717, 1.165) is 0 Å². The summed E-state index contributed by atoms with van der Waals surface area (Å²) in [5.41, 5.74) is -1.00. The van der Waals surface area contributed by atoms with Crippen molar-refractivity contribution in [2.75, 3.05) is 17.2 Å². The molecule has 2 aromatic carbocycles. The molecule has 3 heterocycles. The van der Waals surface area contributed by atoms with E-state index >= 15 is 0 Å². The van der Waals surface area contributed by atoms with Crippen molar-refractivity contribution in [3.8, 4) is 0 Å². The van der Waals surface area contributed by atoms with Crippen LogP contribution in [0.15, 0.2) is 54.6 Å². The predicted octanol–water partition coefficient (Wildman–Crippen LogP) is 4.09. The number of aliphatic hydroxyl groups is 1. The summed E-state index contributed by atoms with van der Waals surface area (Å²) in [6, 6.07) is 14.4. The third-order valence-electron chi connectivity index (χ3n) is 8.64. The summed E-state index contributed by atoms with van der Waals surface area (Å²) in [5, 5.41) is 16.6. The highest BCUT2D eigenvalue weighted by Gasteiger charge is 2.79. The van der Waals surface area contributed by atoms with Crippen LogP contribution in [0.25, 0.3) is 0 Å². The molecule has 0 aliphatic carbocycles. The molecule has 6 atom stereocenters. The Kier molecular flexibility index (Phi) is 7.00. The van der Waals surface area contributed by atoms with Gasteiger partial charge in [-0.1, -0.05) is 62.7 Å². The van der Waals surface area contributed by atoms with E-state index in [9.17, 15) is 19.5 Å². The van der Waals surface area contributed by atoms with Gasteiger partial charge in [0.2, 0.25) is 17.7 Å². The molecule has 9 heteroatoms. The number of likely N-dealkylation sites (tertiary alicyclic amines) is 1. The van der Waals surface area contributed by atoms with Gasteiger partial charge in [-0.25, -0.2) is 0 Å². The van der Waals surface area contributed by atoms with Crippen LogP contribution in [0.5, 0.6) is 0 Å². The van der Waals surface area contributed by atoms with Crippen molar-refractivity contribution in [2.45, 2.75) is 63.3 Å². The molecule has 3 saturated heterocycles. The van der Waals surface area contributed by atoms with Gasteiger partial charge < -0.3 is 25.4 Å². The van der Waals surface area contributed by atoms with Crippen molar-refractivity contribution in [1.29, 1.82) is 0 Å². The smallest absolute Gasteiger partial charge is 0.250 e.